The van der Waals surface area contributed by atoms with Crippen LogP contribution in [0.3, 0.4) is 0 Å². The minimum Gasteiger partial charge on any atom is -0.391 e. The number of aromatic nitrogens is 2. The first-order chi connectivity index (χ1) is 12.3. The van der Waals surface area contributed by atoms with Crippen LogP contribution < -0.4 is 4.90 Å². The van der Waals surface area contributed by atoms with Crippen LogP contribution in [0.2, 0.25) is 0 Å². The molecule has 0 aromatic carbocycles. The van der Waals surface area contributed by atoms with E-state index in [1.165, 1.54) is 0 Å². The third kappa shape index (κ3) is 5.80. The molecule has 0 bridgehead atoms. The Hall–Kier alpha value is -1.94. The van der Waals surface area contributed by atoms with Gasteiger partial charge in [0.15, 0.2) is 0 Å². The topological polar surface area (TPSA) is 78.8 Å². The lowest BCUT2D eigenvalue weighted by atomic mass is 10.3. The molecule has 0 aliphatic carbocycles. The van der Waals surface area contributed by atoms with E-state index in [0.717, 1.165) is 12.4 Å². The number of anilines is 1. The molecule has 7 nitrogen and oxygen atoms in total. The summed E-state index contributed by atoms with van der Waals surface area (Å²) in [7, 11) is 0. The molecule has 1 aliphatic heterocycles. The molecule has 0 saturated carbocycles. The van der Waals surface area contributed by atoms with Crippen molar-refractivity contribution in [3.05, 3.63) is 18.0 Å². The molecule has 1 N–H and O–H groups in total. The number of rotatable bonds is 7. The van der Waals surface area contributed by atoms with Crippen molar-refractivity contribution in [3.63, 3.8) is 0 Å². The molecule has 2 heterocycles. The Morgan fingerprint density at radius 3 is 2.42 bits per heavy atom. The molecular formula is C16H23F3N4O3. The number of piperazine rings is 1. The maximum Gasteiger partial charge on any atom is 0.419 e. The van der Waals surface area contributed by atoms with Crippen molar-refractivity contribution >= 4 is 11.9 Å². The molecule has 0 radical (unpaired) electrons. The summed E-state index contributed by atoms with van der Waals surface area (Å²) >= 11 is 0. The van der Waals surface area contributed by atoms with Gasteiger partial charge in [-0.2, -0.15) is 13.2 Å². The van der Waals surface area contributed by atoms with Gasteiger partial charge < -0.3 is 19.6 Å². The van der Waals surface area contributed by atoms with Crippen LogP contribution in [0.25, 0.3) is 0 Å². The highest BCUT2D eigenvalue weighted by molar-refractivity contribution is 5.76. The number of carbonyl (C=O) groups excluding carboxylic acids is 1. The van der Waals surface area contributed by atoms with E-state index in [4.69, 9.17) is 4.74 Å². The van der Waals surface area contributed by atoms with E-state index in [1.807, 2.05) is 6.92 Å². The van der Waals surface area contributed by atoms with Crippen LogP contribution in [-0.2, 0) is 15.7 Å². The average Bonchev–Trinajstić information content (AvgIpc) is 2.64. The summed E-state index contributed by atoms with van der Waals surface area (Å²) in [4.78, 5) is 23.1. The molecule has 1 unspecified atom stereocenters. The zero-order chi connectivity index (χ0) is 19.2. The number of alkyl halides is 3. The van der Waals surface area contributed by atoms with Gasteiger partial charge in [-0.1, -0.05) is 6.92 Å². The van der Waals surface area contributed by atoms with Crippen molar-refractivity contribution in [1.82, 2.24) is 14.9 Å². The van der Waals surface area contributed by atoms with E-state index in [2.05, 4.69) is 9.97 Å². The molecule has 1 fully saturated rings. The second-order valence-electron chi connectivity index (χ2n) is 6.02. The van der Waals surface area contributed by atoms with E-state index in [-0.39, 0.29) is 31.5 Å². The third-order valence-electron chi connectivity index (χ3n) is 4.12. The van der Waals surface area contributed by atoms with Gasteiger partial charge in [0, 0.05) is 38.6 Å². The molecule has 1 aromatic heterocycles. The van der Waals surface area contributed by atoms with Crippen molar-refractivity contribution in [2.45, 2.75) is 32.0 Å². The maximum atomic E-state index is 12.5. The Bertz CT molecular complexity index is 575. The Kier molecular flexibility index (Phi) is 7.15. The molecule has 0 spiro atoms. The van der Waals surface area contributed by atoms with Crippen LogP contribution in [0.4, 0.5) is 19.1 Å². The first kappa shape index (κ1) is 20.4. The van der Waals surface area contributed by atoms with Gasteiger partial charge in [-0.3, -0.25) is 4.79 Å². The first-order valence-corrected chi connectivity index (χ1v) is 8.49. The molecule has 146 valence electrons. The van der Waals surface area contributed by atoms with Crippen molar-refractivity contribution < 1.29 is 27.8 Å². The minimum absolute atomic E-state index is 0.0519. The highest BCUT2D eigenvalue weighted by Gasteiger charge is 2.32. The lowest BCUT2D eigenvalue weighted by molar-refractivity contribution is -0.138. The van der Waals surface area contributed by atoms with Crippen molar-refractivity contribution in [2.24, 2.45) is 0 Å². The van der Waals surface area contributed by atoms with Gasteiger partial charge in [0.05, 0.1) is 31.3 Å². The summed E-state index contributed by atoms with van der Waals surface area (Å²) in [6.45, 7) is 4.10. The van der Waals surface area contributed by atoms with Crippen LogP contribution in [-0.4, -0.2) is 71.4 Å². The number of carbonyl (C=O) groups is 1. The quantitative estimate of drug-likeness (QED) is 0.724. The average molecular weight is 376 g/mol. The Labute approximate surface area is 149 Å². The molecule has 26 heavy (non-hydrogen) atoms. The van der Waals surface area contributed by atoms with E-state index in [9.17, 15) is 23.1 Å². The van der Waals surface area contributed by atoms with Crippen molar-refractivity contribution in [2.75, 3.05) is 44.3 Å². The zero-order valence-corrected chi connectivity index (χ0v) is 14.6. The number of aliphatic hydroxyl groups excluding tert-OH is 1. The summed E-state index contributed by atoms with van der Waals surface area (Å²) in [5.41, 5.74) is -0.886. The standard InChI is InChI=1S/C16H23F3N4O3/c1-2-13(24)11-26-8-3-14(25)22-4-6-23(7-5-22)15-20-9-12(10-21-15)16(17,18)19/h9-10,13,24H,2-8,11H2,1H3. The molecular weight excluding hydrogens is 353 g/mol. The Morgan fingerprint density at radius 2 is 1.88 bits per heavy atom. The van der Waals surface area contributed by atoms with Gasteiger partial charge in [0.1, 0.15) is 0 Å². The van der Waals surface area contributed by atoms with Crippen molar-refractivity contribution in [1.29, 1.82) is 0 Å². The van der Waals surface area contributed by atoms with Gasteiger partial charge in [0.2, 0.25) is 11.9 Å². The number of amides is 1. The fourth-order valence-corrected chi connectivity index (χ4v) is 2.44. The normalized spacial score (nSPS) is 16.7. The fourth-order valence-electron chi connectivity index (χ4n) is 2.44. The minimum atomic E-state index is -4.46. The first-order valence-electron chi connectivity index (χ1n) is 8.49. The zero-order valence-electron chi connectivity index (χ0n) is 14.6. The predicted molar refractivity (Wildman–Crippen MR) is 87.6 cm³/mol. The van der Waals surface area contributed by atoms with Gasteiger partial charge in [0.25, 0.3) is 0 Å². The summed E-state index contributed by atoms with van der Waals surface area (Å²) < 4.78 is 42.9. The third-order valence-corrected chi connectivity index (χ3v) is 4.12. The Balaban J connectivity index is 1.75. The van der Waals surface area contributed by atoms with Gasteiger partial charge in [-0.25, -0.2) is 9.97 Å². The molecule has 1 aliphatic rings. The summed E-state index contributed by atoms with van der Waals surface area (Å²) in [5.74, 6) is 0.172. The number of hydrogen-bond acceptors (Lipinski definition) is 6. The lowest BCUT2D eigenvalue weighted by Crippen LogP contribution is -2.49. The van der Waals surface area contributed by atoms with E-state index < -0.39 is 17.8 Å². The van der Waals surface area contributed by atoms with Crippen LogP contribution in [0, 0.1) is 0 Å². The number of halogens is 3. The molecule has 1 amide bonds. The van der Waals surface area contributed by atoms with Crippen LogP contribution in [0.15, 0.2) is 12.4 Å². The molecule has 2 rings (SSSR count). The van der Waals surface area contributed by atoms with E-state index in [0.29, 0.717) is 32.6 Å². The second kappa shape index (κ2) is 9.13. The van der Waals surface area contributed by atoms with E-state index >= 15 is 0 Å². The number of nitrogens with zero attached hydrogens (tertiary/aromatic N) is 4. The van der Waals surface area contributed by atoms with Gasteiger partial charge in [-0.05, 0) is 6.42 Å². The second-order valence-corrected chi connectivity index (χ2v) is 6.02. The summed E-state index contributed by atoms with van der Waals surface area (Å²) in [6, 6.07) is 0. The summed E-state index contributed by atoms with van der Waals surface area (Å²) in [6.07, 6.45) is -2.62. The molecule has 1 aromatic rings. The smallest absolute Gasteiger partial charge is 0.391 e. The largest absolute Gasteiger partial charge is 0.419 e. The number of aliphatic hydroxyl groups is 1. The monoisotopic (exact) mass is 376 g/mol. The maximum absolute atomic E-state index is 12.5. The van der Waals surface area contributed by atoms with Crippen LogP contribution in [0.5, 0.6) is 0 Å². The number of ether oxygens (including phenoxy) is 1. The van der Waals surface area contributed by atoms with Crippen LogP contribution >= 0.6 is 0 Å². The fraction of sp³-hybridized carbons (Fsp3) is 0.688. The van der Waals surface area contributed by atoms with Crippen molar-refractivity contribution in [3.8, 4) is 0 Å². The summed E-state index contributed by atoms with van der Waals surface area (Å²) in [5, 5.41) is 9.37. The molecule has 1 atom stereocenters. The lowest BCUT2D eigenvalue weighted by Gasteiger charge is -2.34. The van der Waals surface area contributed by atoms with Gasteiger partial charge >= 0.3 is 6.18 Å². The Morgan fingerprint density at radius 1 is 1.27 bits per heavy atom. The predicted octanol–water partition coefficient (Wildman–Crippen LogP) is 1.32. The SMILES string of the molecule is CCC(O)COCCC(=O)N1CCN(c2ncc(C(F)(F)F)cn2)CC1. The van der Waals surface area contributed by atoms with Gasteiger partial charge in [-0.15, -0.1) is 0 Å². The highest BCUT2D eigenvalue weighted by Crippen LogP contribution is 2.28. The molecule has 10 heteroatoms. The van der Waals surface area contributed by atoms with E-state index in [1.54, 1.807) is 9.80 Å². The highest BCUT2D eigenvalue weighted by atomic mass is 19.4. The number of hydrogen-bond donors (Lipinski definition) is 1. The molecule has 1 saturated heterocycles. The van der Waals surface area contributed by atoms with Crippen LogP contribution in [0.1, 0.15) is 25.3 Å².